The van der Waals surface area contributed by atoms with Crippen LogP contribution in [0.2, 0.25) is 0 Å². The van der Waals surface area contributed by atoms with Gasteiger partial charge in [0.05, 0.1) is 0 Å². The zero-order valence-electron chi connectivity index (χ0n) is 12.3. The molecule has 1 N–H and O–H groups in total. The average molecular weight is 301 g/mol. The number of piperazine rings is 1. The van der Waals surface area contributed by atoms with Gasteiger partial charge in [0.25, 0.3) is 10.2 Å². The predicted molar refractivity (Wildman–Crippen MR) is 79.7 cm³/mol. The molecule has 0 radical (unpaired) electrons. The molecule has 116 valence electrons. The van der Waals surface area contributed by atoms with E-state index in [9.17, 15) is 8.42 Å². The maximum atomic E-state index is 13.0. The molecule has 20 heavy (non-hydrogen) atoms. The van der Waals surface area contributed by atoms with Gasteiger partial charge in [-0.2, -0.15) is 17.0 Å². The Morgan fingerprint density at radius 2 is 1.50 bits per heavy atom. The van der Waals surface area contributed by atoms with Crippen LogP contribution in [0.1, 0.15) is 51.4 Å². The van der Waals surface area contributed by atoms with Gasteiger partial charge < -0.3 is 5.32 Å². The number of nitrogens with one attached hydrogen (secondary N) is 1. The van der Waals surface area contributed by atoms with Gasteiger partial charge in [-0.25, -0.2) is 0 Å². The van der Waals surface area contributed by atoms with Crippen molar-refractivity contribution in [2.24, 2.45) is 0 Å². The Labute approximate surface area is 122 Å². The van der Waals surface area contributed by atoms with Crippen molar-refractivity contribution in [2.75, 3.05) is 32.7 Å². The summed E-state index contributed by atoms with van der Waals surface area (Å²) < 4.78 is 29.7. The van der Waals surface area contributed by atoms with Crippen LogP contribution in [-0.4, -0.2) is 55.3 Å². The zero-order chi connectivity index (χ0) is 14.1. The van der Waals surface area contributed by atoms with E-state index in [1.807, 2.05) is 4.31 Å². The molecule has 2 heterocycles. The molecule has 1 aliphatic carbocycles. The smallest absolute Gasteiger partial charge is 0.282 e. The highest BCUT2D eigenvalue weighted by Crippen LogP contribution is 2.37. The standard InChI is InChI=1S/C14H27N3O2S/c18-20(19,16-10-5-2-6-11-16)17-12-9-15-13-14(17)7-3-1-4-8-14/h15H,1-13H2. The van der Waals surface area contributed by atoms with Crippen LogP contribution in [0.15, 0.2) is 0 Å². The topological polar surface area (TPSA) is 52.7 Å². The molecule has 1 spiro atoms. The lowest BCUT2D eigenvalue weighted by Crippen LogP contribution is -2.66. The van der Waals surface area contributed by atoms with Gasteiger partial charge in [0.1, 0.15) is 0 Å². The first kappa shape index (κ1) is 14.8. The Morgan fingerprint density at radius 3 is 2.20 bits per heavy atom. The molecule has 0 aromatic rings. The third-order valence-electron chi connectivity index (χ3n) is 5.18. The lowest BCUT2D eigenvalue weighted by atomic mass is 9.80. The van der Waals surface area contributed by atoms with E-state index in [0.29, 0.717) is 19.6 Å². The molecule has 2 aliphatic heterocycles. The van der Waals surface area contributed by atoms with Crippen molar-refractivity contribution in [3.05, 3.63) is 0 Å². The third-order valence-corrected chi connectivity index (χ3v) is 7.32. The summed E-state index contributed by atoms with van der Waals surface area (Å²) in [7, 11) is -3.27. The van der Waals surface area contributed by atoms with Gasteiger partial charge in [-0.1, -0.05) is 25.7 Å². The quantitative estimate of drug-likeness (QED) is 0.837. The van der Waals surface area contributed by atoms with E-state index in [4.69, 9.17) is 0 Å². The van der Waals surface area contributed by atoms with Crippen molar-refractivity contribution < 1.29 is 8.42 Å². The fourth-order valence-electron chi connectivity index (χ4n) is 4.06. The second kappa shape index (κ2) is 5.91. The zero-order valence-corrected chi connectivity index (χ0v) is 13.1. The fourth-order valence-corrected chi connectivity index (χ4v) is 6.12. The summed E-state index contributed by atoms with van der Waals surface area (Å²) in [5.74, 6) is 0. The minimum absolute atomic E-state index is 0.146. The molecule has 0 aromatic carbocycles. The summed E-state index contributed by atoms with van der Waals surface area (Å²) in [5.41, 5.74) is -0.146. The van der Waals surface area contributed by atoms with E-state index in [-0.39, 0.29) is 5.54 Å². The van der Waals surface area contributed by atoms with Crippen LogP contribution in [-0.2, 0) is 10.2 Å². The Bertz CT molecular complexity index is 417. The summed E-state index contributed by atoms with van der Waals surface area (Å²) in [6.07, 6.45) is 8.80. The van der Waals surface area contributed by atoms with E-state index in [1.54, 1.807) is 4.31 Å². The molecule has 6 heteroatoms. The second-order valence-electron chi connectivity index (χ2n) is 6.50. The van der Waals surface area contributed by atoms with E-state index in [1.165, 1.54) is 12.8 Å². The Hall–Kier alpha value is -0.170. The summed E-state index contributed by atoms with van der Waals surface area (Å²) >= 11 is 0. The molecule has 5 nitrogen and oxygen atoms in total. The van der Waals surface area contributed by atoms with Crippen molar-refractivity contribution >= 4 is 10.2 Å². The van der Waals surface area contributed by atoms with Crippen LogP contribution < -0.4 is 5.32 Å². The first-order valence-electron chi connectivity index (χ1n) is 8.14. The largest absolute Gasteiger partial charge is 0.314 e. The van der Waals surface area contributed by atoms with Crippen LogP contribution in [0.3, 0.4) is 0 Å². The number of nitrogens with zero attached hydrogens (tertiary/aromatic N) is 2. The molecule has 0 aromatic heterocycles. The second-order valence-corrected chi connectivity index (χ2v) is 8.35. The minimum Gasteiger partial charge on any atom is -0.314 e. The van der Waals surface area contributed by atoms with Crippen LogP contribution in [0.4, 0.5) is 0 Å². The van der Waals surface area contributed by atoms with Gasteiger partial charge in [0, 0.05) is 38.3 Å². The van der Waals surface area contributed by atoms with Crippen molar-refractivity contribution in [1.82, 2.24) is 13.9 Å². The first-order valence-corrected chi connectivity index (χ1v) is 9.54. The van der Waals surface area contributed by atoms with Crippen molar-refractivity contribution in [2.45, 2.75) is 56.9 Å². The van der Waals surface area contributed by atoms with Gasteiger partial charge in [0.15, 0.2) is 0 Å². The summed E-state index contributed by atoms with van der Waals surface area (Å²) in [6, 6.07) is 0. The first-order chi connectivity index (χ1) is 9.65. The van der Waals surface area contributed by atoms with Crippen molar-refractivity contribution in [1.29, 1.82) is 0 Å². The van der Waals surface area contributed by atoms with Gasteiger partial charge in [0.2, 0.25) is 0 Å². The molecule has 2 saturated heterocycles. The van der Waals surface area contributed by atoms with Gasteiger partial charge in [-0.05, 0) is 25.7 Å². The number of rotatable bonds is 2. The minimum atomic E-state index is -3.27. The van der Waals surface area contributed by atoms with E-state index >= 15 is 0 Å². The predicted octanol–water partition coefficient (Wildman–Crippen LogP) is 1.33. The Morgan fingerprint density at radius 1 is 0.850 bits per heavy atom. The molecule has 3 fully saturated rings. The SMILES string of the molecule is O=S(=O)(N1CCCCC1)N1CCNCC12CCCCC2. The van der Waals surface area contributed by atoms with Crippen molar-refractivity contribution in [3.8, 4) is 0 Å². The van der Waals surface area contributed by atoms with Crippen LogP contribution in [0.5, 0.6) is 0 Å². The molecule has 3 aliphatic rings. The van der Waals surface area contributed by atoms with Gasteiger partial charge in [-0.3, -0.25) is 0 Å². The monoisotopic (exact) mass is 301 g/mol. The lowest BCUT2D eigenvalue weighted by Gasteiger charge is -2.50. The fraction of sp³-hybridized carbons (Fsp3) is 1.00. The van der Waals surface area contributed by atoms with Crippen molar-refractivity contribution in [3.63, 3.8) is 0 Å². The number of hydrogen-bond acceptors (Lipinski definition) is 3. The lowest BCUT2D eigenvalue weighted by molar-refractivity contribution is 0.0925. The molecule has 0 unspecified atom stereocenters. The summed E-state index contributed by atoms with van der Waals surface area (Å²) in [4.78, 5) is 0. The normalized spacial score (nSPS) is 29.6. The van der Waals surface area contributed by atoms with Crippen LogP contribution in [0.25, 0.3) is 0 Å². The molecule has 1 saturated carbocycles. The molecule has 0 bridgehead atoms. The van der Waals surface area contributed by atoms with E-state index in [0.717, 1.165) is 51.6 Å². The van der Waals surface area contributed by atoms with E-state index < -0.39 is 10.2 Å². The van der Waals surface area contributed by atoms with Crippen LogP contribution >= 0.6 is 0 Å². The molecule has 0 amide bonds. The maximum Gasteiger partial charge on any atom is 0.282 e. The highest BCUT2D eigenvalue weighted by atomic mass is 32.2. The molecule has 3 rings (SSSR count). The highest BCUT2D eigenvalue weighted by Gasteiger charge is 2.47. The number of piperidine rings is 1. The summed E-state index contributed by atoms with van der Waals surface area (Å²) in [5, 5.41) is 3.43. The highest BCUT2D eigenvalue weighted by molar-refractivity contribution is 7.86. The number of hydrogen-bond donors (Lipinski definition) is 1. The average Bonchev–Trinajstić information content (AvgIpc) is 2.49. The Balaban J connectivity index is 1.84. The maximum absolute atomic E-state index is 13.0. The van der Waals surface area contributed by atoms with Gasteiger partial charge >= 0.3 is 0 Å². The third kappa shape index (κ3) is 2.63. The molecular weight excluding hydrogens is 274 g/mol. The molecule has 0 atom stereocenters. The molecular formula is C14H27N3O2S. The van der Waals surface area contributed by atoms with Gasteiger partial charge in [-0.15, -0.1) is 0 Å². The Kier molecular flexibility index (Phi) is 4.36. The summed E-state index contributed by atoms with van der Waals surface area (Å²) in [6.45, 7) is 3.68. The van der Waals surface area contributed by atoms with E-state index in [2.05, 4.69) is 5.32 Å². The van der Waals surface area contributed by atoms with Crippen LogP contribution in [0, 0.1) is 0 Å².